The number of nitrogens with zero attached hydrogens (tertiary/aromatic N) is 1. The minimum absolute atomic E-state index is 0.119. The standard InChI is InChI=1S/C16H23NO/c1-11(13-6-4-3-5-7-13)17-12(2)14-8-9-15(17)16(18)10-14/h3-7,11-12,14-16,18H,8-10H2,1-2H3/t11?,12-,14-,15+,16+/m1/s1. The number of rotatable bonds is 2. The lowest BCUT2D eigenvalue weighted by Gasteiger charge is -2.55. The number of hydrogen-bond donors (Lipinski definition) is 1. The molecule has 5 atom stereocenters. The maximum atomic E-state index is 10.2. The molecule has 0 amide bonds. The van der Waals surface area contributed by atoms with Crippen LogP contribution in [-0.4, -0.2) is 28.2 Å². The van der Waals surface area contributed by atoms with Gasteiger partial charge in [0.15, 0.2) is 0 Å². The molecule has 2 aliphatic heterocycles. The van der Waals surface area contributed by atoms with Gasteiger partial charge in [-0.25, -0.2) is 0 Å². The summed E-state index contributed by atoms with van der Waals surface area (Å²) in [4.78, 5) is 2.55. The minimum atomic E-state index is -0.119. The van der Waals surface area contributed by atoms with Gasteiger partial charge in [-0.15, -0.1) is 0 Å². The van der Waals surface area contributed by atoms with Crippen molar-refractivity contribution in [1.29, 1.82) is 0 Å². The van der Waals surface area contributed by atoms with Crippen LogP contribution < -0.4 is 0 Å². The molecule has 4 rings (SSSR count). The highest BCUT2D eigenvalue weighted by molar-refractivity contribution is 5.20. The highest BCUT2D eigenvalue weighted by Crippen LogP contribution is 2.43. The number of piperidine rings is 2. The fraction of sp³-hybridized carbons (Fsp3) is 0.625. The largest absolute Gasteiger partial charge is 0.391 e. The molecule has 2 bridgehead atoms. The maximum absolute atomic E-state index is 10.2. The number of benzene rings is 1. The van der Waals surface area contributed by atoms with Crippen LogP contribution in [0.25, 0.3) is 0 Å². The summed E-state index contributed by atoms with van der Waals surface area (Å²) in [5.74, 6) is 0.677. The van der Waals surface area contributed by atoms with Gasteiger partial charge in [-0.05, 0) is 44.6 Å². The van der Waals surface area contributed by atoms with Crippen LogP contribution in [-0.2, 0) is 0 Å². The first kappa shape index (κ1) is 12.2. The molecule has 3 fully saturated rings. The summed E-state index contributed by atoms with van der Waals surface area (Å²) in [6, 6.07) is 12.0. The van der Waals surface area contributed by atoms with Gasteiger partial charge >= 0.3 is 0 Å². The first-order chi connectivity index (χ1) is 8.68. The molecule has 2 heterocycles. The molecule has 0 aromatic heterocycles. The molecule has 2 saturated heterocycles. The summed E-state index contributed by atoms with van der Waals surface area (Å²) in [5, 5.41) is 10.2. The molecule has 1 unspecified atom stereocenters. The number of fused-ring (bicyclic) bond motifs is 3. The average molecular weight is 245 g/mol. The van der Waals surface area contributed by atoms with Gasteiger partial charge in [-0.3, -0.25) is 4.90 Å². The van der Waals surface area contributed by atoms with Gasteiger partial charge in [-0.1, -0.05) is 30.3 Å². The van der Waals surface area contributed by atoms with Crippen molar-refractivity contribution in [3.8, 4) is 0 Å². The van der Waals surface area contributed by atoms with Crippen molar-refractivity contribution in [2.24, 2.45) is 5.92 Å². The molecule has 1 aromatic carbocycles. The summed E-state index contributed by atoms with van der Waals surface area (Å²) in [6.45, 7) is 4.61. The van der Waals surface area contributed by atoms with Crippen LogP contribution in [0.3, 0.4) is 0 Å². The van der Waals surface area contributed by atoms with Crippen molar-refractivity contribution in [1.82, 2.24) is 4.90 Å². The average Bonchev–Trinajstić information content (AvgIpc) is 2.41. The highest BCUT2D eigenvalue weighted by Gasteiger charge is 2.46. The van der Waals surface area contributed by atoms with E-state index in [0.29, 0.717) is 24.0 Å². The van der Waals surface area contributed by atoms with Gasteiger partial charge in [0.1, 0.15) is 0 Å². The normalized spacial score (nSPS) is 37.7. The van der Waals surface area contributed by atoms with Crippen molar-refractivity contribution in [3.63, 3.8) is 0 Å². The van der Waals surface area contributed by atoms with Crippen molar-refractivity contribution in [3.05, 3.63) is 35.9 Å². The van der Waals surface area contributed by atoms with Crippen molar-refractivity contribution in [2.75, 3.05) is 0 Å². The van der Waals surface area contributed by atoms with E-state index in [1.54, 1.807) is 0 Å². The van der Waals surface area contributed by atoms with E-state index < -0.39 is 0 Å². The third-order valence-electron chi connectivity index (χ3n) is 5.09. The van der Waals surface area contributed by atoms with E-state index in [0.717, 1.165) is 12.8 Å². The second kappa shape index (κ2) is 4.67. The zero-order chi connectivity index (χ0) is 12.7. The second-order valence-corrected chi connectivity index (χ2v) is 5.98. The van der Waals surface area contributed by atoms with Crippen molar-refractivity contribution in [2.45, 2.75) is 57.3 Å². The molecule has 2 nitrogen and oxygen atoms in total. The lowest BCUT2D eigenvalue weighted by atomic mass is 9.72. The Morgan fingerprint density at radius 2 is 1.94 bits per heavy atom. The Morgan fingerprint density at radius 3 is 2.61 bits per heavy atom. The van der Waals surface area contributed by atoms with Crippen molar-refractivity contribution < 1.29 is 5.11 Å². The van der Waals surface area contributed by atoms with Gasteiger partial charge in [0.2, 0.25) is 0 Å². The molecule has 1 saturated carbocycles. The summed E-state index contributed by atoms with van der Waals surface area (Å²) in [7, 11) is 0. The fourth-order valence-corrected chi connectivity index (χ4v) is 4.04. The topological polar surface area (TPSA) is 23.5 Å². The molecular weight excluding hydrogens is 222 g/mol. The van der Waals surface area contributed by atoms with Gasteiger partial charge < -0.3 is 5.11 Å². The van der Waals surface area contributed by atoms with E-state index in [1.807, 2.05) is 0 Å². The molecular formula is C16H23NO. The first-order valence-corrected chi connectivity index (χ1v) is 7.19. The van der Waals surface area contributed by atoms with Gasteiger partial charge in [-0.2, -0.15) is 0 Å². The minimum Gasteiger partial charge on any atom is -0.391 e. The maximum Gasteiger partial charge on any atom is 0.0698 e. The van der Waals surface area contributed by atoms with E-state index >= 15 is 0 Å². The SMILES string of the molecule is CC(c1ccccc1)N1[C@H](C)[C@@H]2CC[C@H]1[C@@H](O)C2. The van der Waals surface area contributed by atoms with E-state index in [1.165, 1.54) is 12.0 Å². The molecule has 3 aliphatic rings. The van der Waals surface area contributed by atoms with Crippen LogP contribution in [0, 0.1) is 5.92 Å². The predicted octanol–water partition coefficient (Wildman–Crippen LogP) is 2.98. The Hall–Kier alpha value is -0.860. The molecule has 1 N–H and O–H groups in total. The Labute approximate surface area is 110 Å². The molecule has 98 valence electrons. The summed E-state index contributed by atoms with van der Waals surface area (Å²) >= 11 is 0. The van der Waals surface area contributed by atoms with Crippen LogP contribution in [0.15, 0.2) is 30.3 Å². The number of aliphatic hydroxyl groups excluding tert-OH is 1. The number of hydrogen-bond acceptors (Lipinski definition) is 2. The van der Waals surface area contributed by atoms with Gasteiger partial charge in [0.25, 0.3) is 0 Å². The third-order valence-corrected chi connectivity index (χ3v) is 5.09. The smallest absolute Gasteiger partial charge is 0.0698 e. The number of aliphatic hydroxyl groups is 1. The molecule has 2 heteroatoms. The Kier molecular flexibility index (Phi) is 3.16. The monoisotopic (exact) mass is 245 g/mol. The Balaban J connectivity index is 1.87. The van der Waals surface area contributed by atoms with Crippen LogP contribution in [0.5, 0.6) is 0 Å². The molecule has 0 spiro atoms. The fourth-order valence-electron chi connectivity index (χ4n) is 4.04. The van der Waals surface area contributed by atoms with E-state index in [4.69, 9.17) is 0 Å². The molecule has 18 heavy (non-hydrogen) atoms. The first-order valence-electron chi connectivity index (χ1n) is 7.19. The van der Waals surface area contributed by atoms with E-state index in [2.05, 4.69) is 49.1 Å². The third kappa shape index (κ3) is 1.88. The molecule has 1 aromatic rings. The Bertz CT molecular complexity index is 405. The zero-order valence-corrected chi connectivity index (χ0v) is 11.3. The van der Waals surface area contributed by atoms with Crippen LogP contribution in [0.4, 0.5) is 0 Å². The van der Waals surface area contributed by atoms with E-state index in [-0.39, 0.29) is 6.10 Å². The summed E-state index contributed by atoms with van der Waals surface area (Å²) in [5.41, 5.74) is 1.36. The summed E-state index contributed by atoms with van der Waals surface area (Å²) in [6.07, 6.45) is 3.34. The molecule has 1 aliphatic carbocycles. The highest BCUT2D eigenvalue weighted by atomic mass is 16.3. The lowest BCUT2D eigenvalue weighted by molar-refractivity contribution is -0.104. The van der Waals surface area contributed by atoms with Crippen LogP contribution >= 0.6 is 0 Å². The van der Waals surface area contributed by atoms with Crippen molar-refractivity contribution >= 4 is 0 Å². The second-order valence-electron chi connectivity index (χ2n) is 5.98. The van der Waals surface area contributed by atoms with E-state index in [9.17, 15) is 5.11 Å². The quantitative estimate of drug-likeness (QED) is 0.866. The van der Waals surface area contributed by atoms with Gasteiger partial charge in [0, 0.05) is 18.1 Å². The predicted molar refractivity (Wildman–Crippen MR) is 73.3 cm³/mol. The van der Waals surface area contributed by atoms with Gasteiger partial charge in [0.05, 0.1) is 6.10 Å². The van der Waals surface area contributed by atoms with Crippen LogP contribution in [0.1, 0.15) is 44.7 Å². The Morgan fingerprint density at radius 1 is 1.22 bits per heavy atom. The zero-order valence-electron chi connectivity index (χ0n) is 11.3. The molecule has 0 radical (unpaired) electrons. The summed E-state index contributed by atoms with van der Waals surface area (Å²) < 4.78 is 0. The lowest BCUT2D eigenvalue weighted by Crippen LogP contribution is -2.60. The van der Waals surface area contributed by atoms with Crippen LogP contribution in [0.2, 0.25) is 0 Å².